The zero-order valence-electron chi connectivity index (χ0n) is 16.5. The number of nitrogens with one attached hydrogen (secondary N) is 1. The molecule has 1 aliphatic rings. The molecule has 30 heavy (non-hydrogen) atoms. The molecule has 0 saturated heterocycles. The van der Waals surface area contributed by atoms with Gasteiger partial charge in [0, 0.05) is 5.56 Å². The Morgan fingerprint density at radius 3 is 2.70 bits per heavy atom. The summed E-state index contributed by atoms with van der Waals surface area (Å²) in [6.45, 7) is 3.20. The molecule has 4 rings (SSSR count). The van der Waals surface area contributed by atoms with Gasteiger partial charge in [0.2, 0.25) is 12.7 Å². The van der Waals surface area contributed by atoms with E-state index < -0.39 is 18.5 Å². The summed E-state index contributed by atoms with van der Waals surface area (Å²) < 4.78 is 21.3. The maximum atomic E-state index is 12.3. The highest BCUT2D eigenvalue weighted by Crippen LogP contribution is 2.34. The molecule has 0 bridgehead atoms. The summed E-state index contributed by atoms with van der Waals surface area (Å²) in [5, 5.41) is 2.78. The van der Waals surface area contributed by atoms with Crippen LogP contribution in [0.1, 0.15) is 34.8 Å². The molecular formula is C22H20N2O6. The van der Waals surface area contributed by atoms with Gasteiger partial charge in [-0.05, 0) is 43.7 Å². The Kier molecular flexibility index (Phi) is 5.38. The quantitative estimate of drug-likeness (QED) is 0.624. The van der Waals surface area contributed by atoms with Gasteiger partial charge in [-0.2, -0.15) is 0 Å². The summed E-state index contributed by atoms with van der Waals surface area (Å²) in [4.78, 5) is 28.8. The van der Waals surface area contributed by atoms with Crippen LogP contribution in [-0.2, 0) is 9.53 Å². The van der Waals surface area contributed by atoms with Gasteiger partial charge in [0.05, 0.1) is 6.04 Å². The molecule has 0 spiro atoms. The van der Waals surface area contributed by atoms with Gasteiger partial charge < -0.3 is 23.9 Å². The van der Waals surface area contributed by atoms with Gasteiger partial charge in [0.15, 0.2) is 23.8 Å². The van der Waals surface area contributed by atoms with Crippen molar-refractivity contribution in [1.29, 1.82) is 0 Å². The van der Waals surface area contributed by atoms with Crippen molar-refractivity contribution in [3.05, 3.63) is 65.5 Å². The van der Waals surface area contributed by atoms with Crippen LogP contribution in [0.5, 0.6) is 11.5 Å². The third kappa shape index (κ3) is 4.12. The molecule has 0 radical (unpaired) electrons. The predicted octanol–water partition coefficient (Wildman–Crippen LogP) is 3.41. The van der Waals surface area contributed by atoms with Crippen LogP contribution in [0, 0.1) is 6.92 Å². The molecule has 2 aromatic carbocycles. The van der Waals surface area contributed by atoms with Gasteiger partial charge in [0.25, 0.3) is 5.91 Å². The van der Waals surface area contributed by atoms with E-state index in [4.69, 9.17) is 18.6 Å². The molecule has 1 N–H and O–H groups in total. The zero-order valence-corrected chi connectivity index (χ0v) is 16.5. The molecule has 0 fully saturated rings. The SMILES string of the molecule is Cc1oc(-c2ccccc2)nc1C(=O)OCC(=O)N[C@H](C)c1ccc2c(c1)OCO2. The monoisotopic (exact) mass is 408 g/mol. The lowest BCUT2D eigenvalue weighted by Gasteiger charge is -2.14. The molecule has 1 atom stereocenters. The van der Waals surface area contributed by atoms with Crippen LogP contribution in [0.25, 0.3) is 11.5 Å². The summed E-state index contributed by atoms with van der Waals surface area (Å²) in [5.41, 5.74) is 1.64. The van der Waals surface area contributed by atoms with E-state index in [1.165, 1.54) is 0 Å². The number of fused-ring (bicyclic) bond motifs is 1. The molecule has 0 saturated carbocycles. The average Bonchev–Trinajstić information content (AvgIpc) is 3.38. The second kappa shape index (κ2) is 8.28. The Morgan fingerprint density at radius 1 is 1.13 bits per heavy atom. The molecule has 0 unspecified atom stereocenters. The van der Waals surface area contributed by atoms with Crippen molar-refractivity contribution < 1.29 is 28.2 Å². The van der Waals surface area contributed by atoms with Gasteiger partial charge in [-0.3, -0.25) is 4.79 Å². The first kappa shape index (κ1) is 19.5. The number of carbonyl (C=O) groups is 2. The van der Waals surface area contributed by atoms with Crippen molar-refractivity contribution in [2.75, 3.05) is 13.4 Å². The largest absolute Gasteiger partial charge is 0.454 e. The third-order valence-corrected chi connectivity index (χ3v) is 4.62. The number of nitrogens with zero attached hydrogens (tertiary/aromatic N) is 1. The number of hydrogen-bond acceptors (Lipinski definition) is 7. The van der Waals surface area contributed by atoms with E-state index >= 15 is 0 Å². The van der Waals surface area contributed by atoms with E-state index in [1.54, 1.807) is 13.0 Å². The molecule has 1 amide bonds. The fourth-order valence-electron chi connectivity index (χ4n) is 3.04. The number of hydrogen-bond donors (Lipinski definition) is 1. The van der Waals surface area contributed by atoms with Crippen LogP contribution in [0.3, 0.4) is 0 Å². The van der Waals surface area contributed by atoms with E-state index in [9.17, 15) is 9.59 Å². The van der Waals surface area contributed by atoms with Gasteiger partial charge in [-0.25, -0.2) is 9.78 Å². The van der Waals surface area contributed by atoms with Crippen LogP contribution in [-0.4, -0.2) is 30.3 Å². The third-order valence-electron chi connectivity index (χ3n) is 4.62. The highest BCUT2D eigenvalue weighted by Gasteiger charge is 2.21. The lowest BCUT2D eigenvalue weighted by Crippen LogP contribution is -2.31. The van der Waals surface area contributed by atoms with Crippen LogP contribution in [0.4, 0.5) is 0 Å². The second-order valence-electron chi connectivity index (χ2n) is 6.77. The average molecular weight is 408 g/mol. The first-order valence-electron chi connectivity index (χ1n) is 9.40. The minimum absolute atomic E-state index is 0.0467. The molecule has 1 aliphatic heterocycles. The molecule has 2 heterocycles. The minimum Gasteiger partial charge on any atom is -0.454 e. The number of benzene rings is 2. The molecule has 1 aromatic heterocycles. The number of oxazole rings is 1. The highest BCUT2D eigenvalue weighted by atomic mass is 16.7. The van der Waals surface area contributed by atoms with E-state index in [0.29, 0.717) is 23.1 Å². The number of carbonyl (C=O) groups excluding carboxylic acids is 2. The Bertz CT molecular complexity index is 1080. The summed E-state index contributed by atoms with van der Waals surface area (Å²) >= 11 is 0. The van der Waals surface area contributed by atoms with Gasteiger partial charge in [-0.1, -0.05) is 24.3 Å². The molecule has 0 aliphatic carbocycles. The highest BCUT2D eigenvalue weighted by molar-refractivity contribution is 5.91. The van der Waals surface area contributed by atoms with Crippen LogP contribution < -0.4 is 14.8 Å². The molecule has 8 heteroatoms. The fraction of sp³-hybridized carbons (Fsp3) is 0.227. The number of amides is 1. The molecule has 154 valence electrons. The molecular weight excluding hydrogens is 388 g/mol. The first-order chi connectivity index (χ1) is 14.5. The van der Waals surface area contributed by atoms with Crippen molar-refractivity contribution in [2.24, 2.45) is 0 Å². The first-order valence-corrected chi connectivity index (χ1v) is 9.40. The molecule has 8 nitrogen and oxygen atoms in total. The number of esters is 1. The van der Waals surface area contributed by atoms with E-state index in [1.807, 2.05) is 49.4 Å². The standard InChI is InChI=1S/C22H20N2O6/c1-13(16-8-9-17-18(10-16)29-12-28-17)23-19(25)11-27-22(26)20-14(2)30-21(24-20)15-6-4-3-5-7-15/h3-10,13H,11-12H2,1-2H3,(H,23,25)/t13-/m1/s1. The van der Waals surface area contributed by atoms with Crippen LogP contribution in [0.2, 0.25) is 0 Å². The molecule has 3 aromatic rings. The zero-order chi connectivity index (χ0) is 21.1. The lowest BCUT2D eigenvalue weighted by atomic mass is 10.1. The number of aromatic nitrogens is 1. The number of ether oxygens (including phenoxy) is 3. The Morgan fingerprint density at radius 2 is 1.90 bits per heavy atom. The number of rotatable bonds is 6. The topological polar surface area (TPSA) is 99.9 Å². The minimum atomic E-state index is -0.718. The Labute approximate surface area is 172 Å². The van der Waals surface area contributed by atoms with Crippen molar-refractivity contribution in [3.63, 3.8) is 0 Å². The van der Waals surface area contributed by atoms with Gasteiger partial charge >= 0.3 is 5.97 Å². The van der Waals surface area contributed by atoms with Gasteiger partial charge in [0.1, 0.15) is 5.76 Å². The maximum Gasteiger partial charge on any atom is 0.361 e. The predicted molar refractivity (Wildman–Crippen MR) is 106 cm³/mol. The van der Waals surface area contributed by atoms with E-state index in [0.717, 1.165) is 11.1 Å². The lowest BCUT2D eigenvalue weighted by molar-refractivity contribution is -0.124. The van der Waals surface area contributed by atoms with Crippen molar-refractivity contribution >= 4 is 11.9 Å². The summed E-state index contributed by atoms with van der Waals surface area (Å²) in [6, 6.07) is 14.4. The Hall–Kier alpha value is -3.81. The van der Waals surface area contributed by atoms with Crippen LogP contribution >= 0.6 is 0 Å². The summed E-state index contributed by atoms with van der Waals surface area (Å²) in [6.07, 6.45) is 0. The van der Waals surface area contributed by atoms with Crippen molar-refractivity contribution in [3.8, 4) is 23.0 Å². The van der Waals surface area contributed by atoms with Crippen molar-refractivity contribution in [2.45, 2.75) is 19.9 Å². The summed E-state index contributed by atoms with van der Waals surface area (Å²) in [5.74, 6) is 0.802. The van der Waals surface area contributed by atoms with E-state index in [-0.39, 0.29) is 18.5 Å². The van der Waals surface area contributed by atoms with Crippen molar-refractivity contribution in [1.82, 2.24) is 10.3 Å². The number of aryl methyl sites for hydroxylation is 1. The van der Waals surface area contributed by atoms with E-state index in [2.05, 4.69) is 10.3 Å². The summed E-state index contributed by atoms with van der Waals surface area (Å²) in [7, 11) is 0. The van der Waals surface area contributed by atoms with Gasteiger partial charge in [-0.15, -0.1) is 0 Å². The maximum absolute atomic E-state index is 12.3. The Balaban J connectivity index is 1.34. The normalized spacial score (nSPS) is 13.0. The fourth-order valence-corrected chi connectivity index (χ4v) is 3.04. The second-order valence-corrected chi connectivity index (χ2v) is 6.77. The van der Waals surface area contributed by atoms with Crippen LogP contribution in [0.15, 0.2) is 52.9 Å². The smallest absolute Gasteiger partial charge is 0.361 e.